The lowest BCUT2D eigenvalue weighted by atomic mass is 9.78. The molecule has 0 spiro atoms. The Morgan fingerprint density at radius 3 is 2.71 bits per heavy atom. The number of carbonyl (C=O) groups excluding carboxylic acids is 1. The van der Waals surface area contributed by atoms with Crippen LogP contribution in [0, 0.1) is 11.8 Å². The molecule has 1 fully saturated rings. The molecule has 0 saturated carbocycles. The van der Waals surface area contributed by atoms with Crippen LogP contribution in [-0.2, 0) is 30.2 Å². The maximum absolute atomic E-state index is 12.7. The van der Waals surface area contributed by atoms with Gasteiger partial charge in [0.05, 0.1) is 25.6 Å². The topological polar surface area (TPSA) is 163 Å². The Hall–Kier alpha value is -2.77. The number of nitrogens with one attached hydrogen (secondary N) is 2. The van der Waals surface area contributed by atoms with Crippen LogP contribution in [0.15, 0.2) is 48.8 Å². The maximum atomic E-state index is 12.7. The van der Waals surface area contributed by atoms with Gasteiger partial charge in [-0.05, 0) is 31.0 Å². The number of ether oxygens (including phenoxy) is 4. The Morgan fingerprint density at radius 1 is 1.18 bits per heavy atom. The summed E-state index contributed by atoms with van der Waals surface area (Å²) < 4.78 is 22.2. The summed E-state index contributed by atoms with van der Waals surface area (Å²) in [6.45, 7) is 4.13. The van der Waals surface area contributed by atoms with E-state index in [4.69, 9.17) is 18.9 Å². The third-order valence-corrected chi connectivity index (χ3v) is 7.77. The molecule has 2 aromatic rings. The molecular weight excluding hydrogens is 496 g/mol. The predicted octanol–water partition coefficient (Wildman–Crippen LogP) is 0.393. The standard InChI is InChI=1S/C27H34N2O9/c1-3-13-16(10-19-21-15(8-9-28-19)14-6-4-5-7-18(14)29-21)17(25(34)35-2)12-36-26(13)38-27-24(33)23(32)22(31)20(11-30)37-27/h3-7,12-13,16,19-20,22-24,26-33H,1,8-11H2,2H3/t13-,16+,19+,20+,22+,23-,24+,26+,27-/m1/s1. The lowest BCUT2D eigenvalue weighted by molar-refractivity contribution is -0.339. The normalized spacial score (nSPS) is 35.2. The average molecular weight is 531 g/mol. The Balaban J connectivity index is 1.43. The van der Waals surface area contributed by atoms with Gasteiger partial charge in [-0.25, -0.2) is 4.79 Å². The third-order valence-electron chi connectivity index (χ3n) is 7.77. The van der Waals surface area contributed by atoms with Gasteiger partial charge in [-0.1, -0.05) is 24.3 Å². The number of H-pyrrole nitrogens is 1. The highest BCUT2D eigenvalue weighted by molar-refractivity contribution is 5.89. The zero-order valence-corrected chi connectivity index (χ0v) is 21.0. The quantitative estimate of drug-likeness (QED) is 0.218. The van der Waals surface area contributed by atoms with Crippen molar-refractivity contribution in [1.29, 1.82) is 0 Å². The van der Waals surface area contributed by atoms with Crippen molar-refractivity contribution in [3.63, 3.8) is 0 Å². The molecule has 1 aromatic carbocycles. The van der Waals surface area contributed by atoms with Crippen molar-refractivity contribution in [3.05, 3.63) is 60.0 Å². The first-order valence-electron chi connectivity index (χ1n) is 12.7. The van der Waals surface area contributed by atoms with Crippen molar-refractivity contribution in [3.8, 4) is 0 Å². The van der Waals surface area contributed by atoms with Crippen LogP contribution in [0.3, 0.4) is 0 Å². The minimum Gasteiger partial charge on any atom is -0.471 e. The van der Waals surface area contributed by atoms with E-state index in [0.717, 1.165) is 24.2 Å². The van der Waals surface area contributed by atoms with Gasteiger partial charge in [0, 0.05) is 34.5 Å². The average Bonchev–Trinajstić information content (AvgIpc) is 3.33. The van der Waals surface area contributed by atoms with E-state index in [1.54, 1.807) is 6.08 Å². The molecule has 0 unspecified atom stereocenters. The number of aromatic amines is 1. The number of fused-ring (bicyclic) bond motifs is 3. The Labute approximate surface area is 219 Å². The molecule has 11 heteroatoms. The molecule has 1 saturated heterocycles. The molecule has 38 heavy (non-hydrogen) atoms. The fraction of sp³-hybridized carbons (Fsp3) is 0.519. The van der Waals surface area contributed by atoms with E-state index < -0.39 is 61.4 Å². The van der Waals surface area contributed by atoms with Gasteiger partial charge in [-0.3, -0.25) is 0 Å². The second-order valence-electron chi connectivity index (χ2n) is 9.88. The Kier molecular flexibility index (Phi) is 7.87. The number of para-hydroxylation sites is 1. The van der Waals surface area contributed by atoms with Crippen LogP contribution >= 0.6 is 0 Å². The highest BCUT2D eigenvalue weighted by atomic mass is 16.8. The number of aliphatic hydroxyl groups is 4. The van der Waals surface area contributed by atoms with E-state index >= 15 is 0 Å². The number of aliphatic hydroxyl groups excluding tert-OH is 4. The molecule has 0 bridgehead atoms. The molecule has 5 rings (SSSR count). The summed E-state index contributed by atoms with van der Waals surface area (Å²) in [6, 6.07) is 8.02. The zero-order chi connectivity index (χ0) is 27.0. The van der Waals surface area contributed by atoms with Crippen molar-refractivity contribution in [1.82, 2.24) is 10.3 Å². The number of hydrogen-bond acceptors (Lipinski definition) is 10. The molecule has 0 amide bonds. The molecule has 0 radical (unpaired) electrons. The summed E-state index contributed by atoms with van der Waals surface area (Å²) in [6.07, 6.45) is -4.03. The number of methoxy groups -OCH3 is 1. The van der Waals surface area contributed by atoms with E-state index in [9.17, 15) is 25.2 Å². The lowest BCUT2D eigenvalue weighted by Crippen LogP contribution is -2.60. The minimum atomic E-state index is -1.60. The molecule has 9 atom stereocenters. The second kappa shape index (κ2) is 11.1. The number of aromatic nitrogens is 1. The van der Waals surface area contributed by atoms with Gasteiger partial charge in [-0.2, -0.15) is 0 Å². The predicted molar refractivity (Wildman–Crippen MR) is 134 cm³/mol. The summed E-state index contributed by atoms with van der Waals surface area (Å²) in [5, 5.41) is 45.0. The first-order valence-corrected chi connectivity index (χ1v) is 12.7. The molecule has 3 aliphatic rings. The van der Waals surface area contributed by atoms with Crippen LogP contribution in [-0.4, -0.2) is 88.6 Å². The molecule has 4 heterocycles. The molecule has 206 valence electrons. The monoisotopic (exact) mass is 530 g/mol. The fourth-order valence-electron chi connectivity index (χ4n) is 5.74. The SMILES string of the molecule is C=C[C@H]1[C@H](O[C@H]2O[C@@H](CO)[C@H](O)[C@@H](O)[C@@H]2O)OC=C(C(=O)OC)[C@H]1C[C@@H]1NCCc2c1[nH]c1ccccc21. The van der Waals surface area contributed by atoms with Gasteiger partial charge in [0.2, 0.25) is 6.29 Å². The van der Waals surface area contributed by atoms with Crippen LogP contribution < -0.4 is 5.32 Å². The van der Waals surface area contributed by atoms with Gasteiger partial charge >= 0.3 is 5.97 Å². The number of esters is 1. The van der Waals surface area contributed by atoms with Crippen molar-refractivity contribution >= 4 is 16.9 Å². The van der Waals surface area contributed by atoms with Gasteiger partial charge in [-0.15, -0.1) is 6.58 Å². The van der Waals surface area contributed by atoms with Crippen LogP contribution in [0.1, 0.15) is 23.7 Å². The summed E-state index contributed by atoms with van der Waals surface area (Å²) >= 11 is 0. The highest BCUT2D eigenvalue weighted by Gasteiger charge is 2.48. The van der Waals surface area contributed by atoms with Gasteiger partial charge in [0.25, 0.3) is 0 Å². The van der Waals surface area contributed by atoms with Crippen molar-refractivity contribution in [2.45, 2.75) is 55.9 Å². The summed E-state index contributed by atoms with van der Waals surface area (Å²) in [7, 11) is 1.30. The third kappa shape index (κ3) is 4.75. The van der Waals surface area contributed by atoms with Gasteiger partial charge in [0.1, 0.15) is 24.4 Å². The second-order valence-corrected chi connectivity index (χ2v) is 9.88. The summed E-state index contributed by atoms with van der Waals surface area (Å²) in [4.78, 5) is 16.3. The molecule has 3 aliphatic heterocycles. The summed E-state index contributed by atoms with van der Waals surface area (Å²) in [5.41, 5.74) is 3.66. The Bertz CT molecular complexity index is 1190. The zero-order valence-electron chi connectivity index (χ0n) is 21.0. The first kappa shape index (κ1) is 26.8. The van der Waals surface area contributed by atoms with Crippen LogP contribution in [0.2, 0.25) is 0 Å². The van der Waals surface area contributed by atoms with Crippen molar-refractivity contribution in [2.75, 3.05) is 20.3 Å². The minimum absolute atomic E-state index is 0.113. The van der Waals surface area contributed by atoms with Gasteiger partial charge in [0.15, 0.2) is 6.29 Å². The molecule has 6 N–H and O–H groups in total. The molecule has 0 aliphatic carbocycles. The number of hydrogen-bond donors (Lipinski definition) is 6. The van der Waals surface area contributed by atoms with Gasteiger partial charge < -0.3 is 49.7 Å². The van der Waals surface area contributed by atoms with E-state index in [2.05, 4.69) is 22.9 Å². The maximum Gasteiger partial charge on any atom is 0.337 e. The van der Waals surface area contributed by atoms with E-state index in [1.165, 1.54) is 24.3 Å². The van der Waals surface area contributed by atoms with E-state index in [1.807, 2.05) is 18.2 Å². The lowest BCUT2D eigenvalue weighted by Gasteiger charge is -2.43. The number of benzene rings is 1. The van der Waals surface area contributed by atoms with Crippen molar-refractivity contribution < 1.29 is 44.2 Å². The summed E-state index contributed by atoms with van der Waals surface area (Å²) in [5.74, 6) is -1.56. The Morgan fingerprint density at radius 2 is 1.97 bits per heavy atom. The van der Waals surface area contributed by atoms with Crippen LogP contribution in [0.4, 0.5) is 0 Å². The van der Waals surface area contributed by atoms with Crippen LogP contribution in [0.5, 0.6) is 0 Å². The first-order chi connectivity index (χ1) is 18.4. The van der Waals surface area contributed by atoms with Crippen molar-refractivity contribution in [2.24, 2.45) is 11.8 Å². The molecule has 1 aromatic heterocycles. The molecular formula is C27H34N2O9. The van der Waals surface area contributed by atoms with E-state index in [-0.39, 0.29) is 6.04 Å². The van der Waals surface area contributed by atoms with E-state index in [0.29, 0.717) is 12.0 Å². The molecule has 11 nitrogen and oxygen atoms in total. The highest BCUT2D eigenvalue weighted by Crippen LogP contribution is 2.42. The smallest absolute Gasteiger partial charge is 0.337 e. The number of carbonyl (C=O) groups is 1. The largest absolute Gasteiger partial charge is 0.471 e. The number of rotatable bonds is 7. The van der Waals surface area contributed by atoms with Crippen LogP contribution in [0.25, 0.3) is 10.9 Å². The fourth-order valence-corrected chi connectivity index (χ4v) is 5.74.